The Morgan fingerprint density at radius 3 is 2.52 bits per heavy atom. The van der Waals surface area contributed by atoms with Crippen LogP contribution in [-0.2, 0) is 16.6 Å². The molecule has 1 aliphatic rings. The van der Waals surface area contributed by atoms with Gasteiger partial charge in [-0.05, 0) is 17.7 Å². The molecular weight excluding hydrogens is 394 g/mol. The van der Waals surface area contributed by atoms with Gasteiger partial charge in [0, 0.05) is 68.1 Å². The highest BCUT2D eigenvalue weighted by atomic mass is 32.2. The van der Waals surface area contributed by atoms with E-state index in [1.807, 2.05) is 35.2 Å². The predicted molar refractivity (Wildman–Crippen MR) is 115 cm³/mol. The summed E-state index contributed by atoms with van der Waals surface area (Å²) in [6, 6.07) is 13.3. The summed E-state index contributed by atoms with van der Waals surface area (Å²) in [6.45, 7) is 2.98. The fourth-order valence-electron chi connectivity index (χ4n) is 3.33. The van der Waals surface area contributed by atoms with Gasteiger partial charge >= 0.3 is 0 Å². The molecule has 0 aliphatic carbocycles. The van der Waals surface area contributed by atoms with Gasteiger partial charge in [-0.1, -0.05) is 30.3 Å². The Balaban J connectivity index is 1.45. The number of rotatable bonds is 6. The van der Waals surface area contributed by atoms with E-state index >= 15 is 0 Å². The summed E-state index contributed by atoms with van der Waals surface area (Å²) >= 11 is 0. The lowest BCUT2D eigenvalue weighted by molar-refractivity contribution is 0.371. The smallest absolute Gasteiger partial charge is 0.193 e. The third-order valence-corrected chi connectivity index (χ3v) is 6.14. The minimum atomic E-state index is -0.951. The number of halogens is 2. The summed E-state index contributed by atoms with van der Waals surface area (Å²) in [7, 11) is 0.759. The van der Waals surface area contributed by atoms with Gasteiger partial charge < -0.3 is 15.1 Å². The maximum Gasteiger partial charge on any atom is 0.193 e. The summed E-state index contributed by atoms with van der Waals surface area (Å²) in [5, 5.41) is 3.26. The summed E-state index contributed by atoms with van der Waals surface area (Å²) in [5.74, 6) is 0.954. The van der Waals surface area contributed by atoms with E-state index in [2.05, 4.69) is 15.2 Å². The zero-order valence-corrected chi connectivity index (χ0v) is 17.3. The van der Waals surface area contributed by atoms with Crippen LogP contribution in [0.25, 0.3) is 0 Å². The van der Waals surface area contributed by atoms with E-state index < -0.39 is 22.4 Å². The van der Waals surface area contributed by atoms with Crippen molar-refractivity contribution in [3.8, 4) is 0 Å². The molecule has 0 amide bonds. The van der Waals surface area contributed by atoms with Crippen LogP contribution in [-0.4, -0.2) is 60.6 Å². The van der Waals surface area contributed by atoms with E-state index in [4.69, 9.17) is 0 Å². The third-order valence-electron chi connectivity index (χ3n) is 4.82. The molecule has 5 nitrogen and oxygen atoms in total. The maximum atomic E-state index is 14.0. The van der Waals surface area contributed by atoms with Crippen molar-refractivity contribution >= 4 is 22.4 Å². The van der Waals surface area contributed by atoms with E-state index in [0.29, 0.717) is 49.9 Å². The van der Waals surface area contributed by atoms with E-state index in [1.165, 1.54) is 6.07 Å². The number of guanidine groups is 1. The fourth-order valence-corrected chi connectivity index (χ4v) is 4.37. The van der Waals surface area contributed by atoms with Crippen molar-refractivity contribution in [1.82, 2.24) is 10.2 Å². The zero-order chi connectivity index (χ0) is 20.6. The first-order valence-electron chi connectivity index (χ1n) is 9.61. The van der Waals surface area contributed by atoms with Gasteiger partial charge in [0.05, 0.1) is 5.69 Å². The second kappa shape index (κ2) is 10.3. The van der Waals surface area contributed by atoms with Gasteiger partial charge in [-0.15, -0.1) is 0 Å². The molecular formula is C21H26F2N4OS. The molecule has 29 heavy (non-hydrogen) atoms. The van der Waals surface area contributed by atoms with Crippen molar-refractivity contribution in [2.75, 3.05) is 50.4 Å². The largest absolute Gasteiger partial charge is 0.366 e. The average molecular weight is 421 g/mol. The number of nitrogens with one attached hydrogen (secondary N) is 1. The normalized spacial score (nSPS) is 16.0. The van der Waals surface area contributed by atoms with Crippen LogP contribution in [0.2, 0.25) is 0 Å². The quantitative estimate of drug-likeness (QED) is 0.577. The van der Waals surface area contributed by atoms with Crippen molar-refractivity contribution in [1.29, 1.82) is 0 Å². The molecule has 156 valence electrons. The van der Waals surface area contributed by atoms with Crippen molar-refractivity contribution in [3.63, 3.8) is 0 Å². The fraction of sp³-hybridized carbons (Fsp3) is 0.381. The SMILES string of the molecule is CN=C(NCCS(=O)Cc1ccccc1)N1CCN(c2cc(F)ccc2F)CC1. The lowest BCUT2D eigenvalue weighted by Crippen LogP contribution is -2.53. The molecule has 0 saturated carbocycles. The monoisotopic (exact) mass is 420 g/mol. The zero-order valence-electron chi connectivity index (χ0n) is 16.5. The summed E-state index contributed by atoms with van der Waals surface area (Å²) in [5.41, 5.74) is 1.36. The molecule has 3 rings (SSSR count). The molecule has 2 aromatic rings. The van der Waals surface area contributed by atoms with Gasteiger partial charge in [0.2, 0.25) is 0 Å². The van der Waals surface area contributed by atoms with E-state index in [0.717, 1.165) is 23.7 Å². The van der Waals surface area contributed by atoms with Crippen LogP contribution in [0.15, 0.2) is 53.5 Å². The molecule has 1 heterocycles. The molecule has 1 fully saturated rings. The van der Waals surface area contributed by atoms with E-state index in [-0.39, 0.29) is 0 Å². The number of benzene rings is 2. The highest BCUT2D eigenvalue weighted by Gasteiger charge is 2.22. The average Bonchev–Trinajstić information content (AvgIpc) is 2.74. The van der Waals surface area contributed by atoms with Crippen LogP contribution in [0.4, 0.5) is 14.5 Å². The van der Waals surface area contributed by atoms with Gasteiger partial charge in [-0.25, -0.2) is 8.78 Å². The minimum absolute atomic E-state index is 0.295. The molecule has 1 unspecified atom stereocenters. The molecule has 0 spiro atoms. The first kappa shape index (κ1) is 21.2. The number of aliphatic imine (C=N–C) groups is 1. The molecule has 1 saturated heterocycles. The Hall–Kier alpha value is -2.48. The molecule has 0 radical (unpaired) electrons. The van der Waals surface area contributed by atoms with Crippen molar-refractivity contribution in [3.05, 3.63) is 65.7 Å². The van der Waals surface area contributed by atoms with Crippen molar-refractivity contribution < 1.29 is 13.0 Å². The molecule has 8 heteroatoms. The predicted octanol–water partition coefficient (Wildman–Crippen LogP) is 2.61. The van der Waals surface area contributed by atoms with Crippen LogP contribution in [0.5, 0.6) is 0 Å². The Bertz CT molecular complexity index is 855. The summed E-state index contributed by atoms with van der Waals surface area (Å²) in [4.78, 5) is 8.22. The highest BCUT2D eigenvalue weighted by Crippen LogP contribution is 2.21. The number of hydrogen-bond donors (Lipinski definition) is 1. The van der Waals surface area contributed by atoms with Crippen LogP contribution >= 0.6 is 0 Å². The van der Waals surface area contributed by atoms with Crippen molar-refractivity contribution in [2.45, 2.75) is 5.75 Å². The molecule has 1 atom stereocenters. The number of nitrogens with zero attached hydrogens (tertiary/aromatic N) is 3. The molecule has 1 aliphatic heterocycles. The lowest BCUT2D eigenvalue weighted by Gasteiger charge is -2.37. The number of anilines is 1. The van der Waals surface area contributed by atoms with Crippen LogP contribution in [0.1, 0.15) is 5.56 Å². The Morgan fingerprint density at radius 1 is 1.10 bits per heavy atom. The first-order valence-corrected chi connectivity index (χ1v) is 11.1. The minimum Gasteiger partial charge on any atom is -0.366 e. The molecule has 2 aromatic carbocycles. The number of piperazine rings is 1. The van der Waals surface area contributed by atoms with E-state index in [9.17, 15) is 13.0 Å². The van der Waals surface area contributed by atoms with Gasteiger partial charge in [0.25, 0.3) is 0 Å². The van der Waals surface area contributed by atoms with Gasteiger partial charge in [-0.3, -0.25) is 9.20 Å². The Morgan fingerprint density at radius 2 is 1.83 bits per heavy atom. The second-order valence-corrected chi connectivity index (χ2v) is 8.39. The topological polar surface area (TPSA) is 47.9 Å². The Labute approximate surface area is 172 Å². The molecule has 0 bridgehead atoms. The van der Waals surface area contributed by atoms with Crippen molar-refractivity contribution in [2.24, 2.45) is 4.99 Å². The van der Waals surface area contributed by atoms with Gasteiger partial charge in [-0.2, -0.15) is 0 Å². The summed E-state index contributed by atoms with van der Waals surface area (Å²) in [6.07, 6.45) is 0. The summed E-state index contributed by atoms with van der Waals surface area (Å²) < 4.78 is 39.7. The van der Waals surface area contributed by atoms with E-state index in [1.54, 1.807) is 7.05 Å². The van der Waals surface area contributed by atoms with Gasteiger partial charge in [0.1, 0.15) is 11.6 Å². The molecule has 1 N–H and O–H groups in total. The lowest BCUT2D eigenvalue weighted by atomic mass is 10.2. The maximum absolute atomic E-state index is 14.0. The van der Waals surface area contributed by atoms with Gasteiger partial charge in [0.15, 0.2) is 5.96 Å². The van der Waals surface area contributed by atoms with Crippen LogP contribution in [0, 0.1) is 11.6 Å². The van der Waals surface area contributed by atoms with Crippen LogP contribution < -0.4 is 10.2 Å². The van der Waals surface area contributed by atoms with Crippen LogP contribution in [0.3, 0.4) is 0 Å². The molecule has 0 aromatic heterocycles. The number of hydrogen-bond acceptors (Lipinski definition) is 3. The highest BCUT2D eigenvalue weighted by molar-refractivity contribution is 7.84. The second-order valence-electron chi connectivity index (χ2n) is 6.82. The Kier molecular flexibility index (Phi) is 7.57. The standard InChI is InChI=1S/C21H26F2N4OS/c1-24-21(25-9-14-29(28)16-17-5-3-2-4-6-17)27-12-10-26(11-13-27)20-15-18(22)7-8-19(20)23/h2-8,15H,9-14,16H2,1H3,(H,24,25). The third kappa shape index (κ3) is 6.00. The first-order chi connectivity index (χ1) is 14.1.